The van der Waals surface area contributed by atoms with Gasteiger partial charge in [-0.15, -0.1) is 24.8 Å². The molecule has 162 valence electrons. The third kappa shape index (κ3) is 5.63. The first-order valence-corrected chi connectivity index (χ1v) is 10.2. The van der Waals surface area contributed by atoms with Gasteiger partial charge in [0.1, 0.15) is 0 Å². The van der Waals surface area contributed by atoms with Gasteiger partial charge in [0, 0.05) is 24.1 Å². The Bertz CT molecular complexity index is 716. The van der Waals surface area contributed by atoms with E-state index in [4.69, 9.17) is 5.73 Å². The number of hydrogen-bond donors (Lipinski definition) is 3. The van der Waals surface area contributed by atoms with Crippen molar-refractivity contribution in [1.29, 1.82) is 0 Å². The van der Waals surface area contributed by atoms with Crippen molar-refractivity contribution < 1.29 is 9.59 Å². The van der Waals surface area contributed by atoms with Crippen LogP contribution < -0.4 is 16.4 Å². The second-order valence-corrected chi connectivity index (χ2v) is 8.51. The fraction of sp³-hybridized carbons (Fsp3) is 0.619. The van der Waals surface area contributed by atoms with Crippen molar-refractivity contribution in [2.75, 3.05) is 31.5 Å². The van der Waals surface area contributed by atoms with E-state index in [0.717, 1.165) is 70.5 Å². The Kier molecular flexibility index (Phi) is 8.35. The number of nitrogens with zero attached hydrogens (tertiary/aromatic N) is 1. The quantitative estimate of drug-likeness (QED) is 0.653. The molecule has 1 aromatic rings. The lowest BCUT2D eigenvalue weighted by Crippen LogP contribution is -2.38. The van der Waals surface area contributed by atoms with E-state index < -0.39 is 0 Å². The summed E-state index contributed by atoms with van der Waals surface area (Å²) in [5, 5.41) is 6.52. The molecule has 1 saturated carbocycles. The zero-order valence-electron chi connectivity index (χ0n) is 16.7. The number of hydrogen-bond acceptors (Lipinski definition) is 4. The highest BCUT2D eigenvalue weighted by atomic mass is 35.5. The average Bonchev–Trinajstić information content (AvgIpc) is 3.36. The van der Waals surface area contributed by atoms with Gasteiger partial charge in [-0.25, -0.2) is 0 Å². The Morgan fingerprint density at radius 1 is 1.17 bits per heavy atom. The molecular formula is C21H32Cl2N4O2. The van der Waals surface area contributed by atoms with Gasteiger partial charge in [-0.2, -0.15) is 0 Å². The normalized spacial score (nSPS) is 23.5. The zero-order valence-corrected chi connectivity index (χ0v) is 18.3. The van der Waals surface area contributed by atoms with Gasteiger partial charge in [0.15, 0.2) is 0 Å². The van der Waals surface area contributed by atoms with Crippen molar-refractivity contribution in [1.82, 2.24) is 10.2 Å². The minimum Gasteiger partial charge on any atom is -0.369 e. The molecular weight excluding hydrogens is 411 g/mol. The number of carbonyl (C=O) groups is 2. The highest BCUT2D eigenvalue weighted by Crippen LogP contribution is 2.58. The topological polar surface area (TPSA) is 87.5 Å². The van der Waals surface area contributed by atoms with Crippen LogP contribution in [0.3, 0.4) is 0 Å². The molecule has 1 aromatic carbocycles. The van der Waals surface area contributed by atoms with Gasteiger partial charge >= 0.3 is 0 Å². The number of nitrogens with one attached hydrogen (secondary N) is 2. The van der Waals surface area contributed by atoms with Crippen LogP contribution in [0.15, 0.2) is 24.3 Å². The van der Waals surface area contributed by atoms with Crippen molar-refractivity contribution in [2.24, 2.45) is 23.0 Å². The number of halogens is 2. The first kappa shape index (κ1) is 23.9. The van der Waals surface area contributed by atoms with Crippen LogP contribution in [0.25, 0.3) is 0 Å². The number of rotatable bonds is 5. The van der Waals surface area contributed by atoms with Crippen molar-refractivity contribution in [3.63, 3.8) is 0 Å². The van der Waals surface area contributed by atoms with E-state index >= 15 is 0 Å². The summed E-state index contributed by atoms with van der Waals surface area (Å²) < 4.78 is 0. The lowest BCUT2D eigenvalue weighted by molar-refractivity contribution is -0.123. The maximum absolute atomic E-state index is 12.7. The molecule has 1 atom stereocenters. The smallest absolute Gasteiger partial charge is 0.228 e. The number of amides is 2. The molecule has 0 bridgehead atoms. The summed E-state index contributed by atoms with van der Waals surface area (Å²) in [5.74, 6) is 0.200. The van der Waals surface area contributed by atoms with E-state index in [2.05, 4.69) is 27.7 Å². The zero-order chi connectivity index (χ0) is 18.9. The molecule has 3 fully saturated rings. The Balaban J connectivity index is 0.00000150. The molecule has 29 heavy (non-hydrogen) atoms. The summed E-state index contributed by atoms with van der Waals surface area (Å²) in [6.45, 7) is 4.69. The van der Waals surface area contributed by atoms with Gasteiger partial charge in [-0.05, 0) is 81.4 Å². The van der Waals surface area contributed by atoms with Gasteiger partial charge in [-0.1, -0.05) is 12.1 Å². The first-order chi connectivity index (χ1) is 13.1. The van der Waals surface area contributed by atoms with Crippen LogP contribution in [0.4, 0.5) is 5.69 Å². The Hall–Kier alpha value is -1.34. The standard InChI is InChI=1S/C21H30N4O2.2ClH/c22-19(26)16-4-10-25(11-5-16)14-15-2-1-3-17(12-15)24-20(27)18-13-21(18)6-8-23-9-7-21;;/h1-3,12,16,18,23H,4-11,13-14H2,(H2,22,26)(H,24,27);2*1H. The molecule has 6 nitrogen and oxygen atoms in total. The molecule has 4 N–H and O–H groups in total. The summed E-state index contributed by atoms with van der Waals surface area (Å²) in [4.78, 5) is 26.3. The van der Waals surface area contributed by atoms with Crippen molar-refractivity contribution >= 4 is 42.3 Å². The average molecular weight is 443 g/mol. The number of anilines is 1. The molecule has 3 aliphatic rings. The lowest BCUT2D eigenvalue weighted by atomic mass is 9.92. The summed E-state index contributed by atoms with van der Waals surface area (Å²) >= 11 is 0. The minimum absolute atomic E-state index is 0. The predicted octanol–water partition coefficient (Wildman–Crippen LogP) is 2.56. The second-order valence-electron chi connectivity index (χ2n) is 8.51. The van der Waals surface area contributed by atoms with Crippen molar-refractivity contribution in [2.45, 2.75) is 38.6 Å². The highest BCUT2D eigenvalue weighted by molar-refractivity contribution is 5.95. The van der Waals surface area contributed by atoms with E-state index in [1.54, 1.807) is 0 Å². The molecule has 0 radical (unpaired) electrons. The Morgan fingerprint density at radius 2 is 1.86 bits per heavy atom. The van der Waals surface area contributed by atoms with E-state index in [1.165, 1.54) is 5.56 Å². The molecule has 2 saturated heterocycles. The van der Waals surface area contributed by atoms with Gasteiger partial charge in [0.05, 0.1) is 0 Å². The van der Waals surface area contributed by atoms with Crippen LogP contribution in [-0.2, 0) is 16.1 Å². The molecule has 1 unspecified atom stereocenters. The largest absolute Gasteiger partial charge is 0.369 e. The minimum atomic E-state index is -0.175. The Labute approximate surface area is 185 Å². The first-order valence-electron chi connectivity index (χ1n) is 10.2. The maximum Gasteiger partial charge on any atom is 0.228 e. The molecule has 2 amide bonds. The van der Waals surface area contributed by atoms with Gasteiger partial charge in [0.2, 0.25) is 11.8 Å². The molecule has 8 heteroatoms. The van der Waals surface area contributed by atoms with Crippen LogP contribution in [0.2, 0.25) is 0 Å². The van der Waals surface area contributed by atoms with Gasteiger partial charge < -0.3 is 16.4 Å². The third-order valence-electron chi connectivity index (χ3n) is 6.70. The van der Waals surface area contributed by atoms with Crippen molar-refractivity contribution in [3.8, 4) is 0 Å². The van der Waals surface area contributed by atoms with Gasteiger partial charge in [-0.3, -0.25) is 14.5 Å². The maximum atomic E-state index is 12.7. The molecule has 2 aliphatic heterocycles. The number of likely N-dealkylation sites (tertiary alicyclic amines) is 1. The number of nitrogens with two attached hydrogens (primary N) is 1. The molecule has 1 spiro atoms. The van der Waals surface area contributed by atoms with Crippen LogP contribution in [0.1, 0.15) is 37.7 Å². The van der Waals surface area contributed by atoms with E-state index in [-0.39, 0.29) is 53.9 Å². The predicted molar refractivity (Wildman–Crippen MR) is 119 cm³/mol. The highest BCUT2D eigenvalue weighted by Gasteiger charge is 2.57. The molecule has 1 aliphatic carbocycles. The Morgan fingerprint density at radius 3 is 2.52 bits per heavy atom. The number of piperidine rings is 2. The number of benzene rings is 1. The van der Waals surface area contributed by atoms with Gasteiger partial charge in [0.25, 0.3) is 0 Å². The number of primary amides is 1. The van der Waals surface area contributed by atoms with Crippen LogP contribution >= 0.6 is 24.8 Å². The second kappa shape index (κ2) is 10.1. The lowest BCUT2D eigenvalue weighted by Gasteiger charge is -2.30. The summed E-state index contributed by atoms with van der Waals surface area (Å²) in [5.41, 5.74) is 7.75. The van der Waals surface area contributed by atoms with Crippen LogP contribution in [0.5, 0.6) is 0 Å². The molecule has 4 rings (SSSR count). The van der Waals surface area contributed by atoms with Crippen molar-refractivity contribution in [3.05, 3.63) is 29.8 Å². The van der Waals surface area contributed by atoms with Crippen LogP contribution in [0, 0.1) is 17.3 Å². The summed E-state index contributed by atoms with van der Waals surface area (Å²) in [6, 6.07) is 8.16. The summed E-state index contributed by atoms with van der Waals surface area (Å²) in [7, 11) is 0. The fourth-order valence-electron chi connectivity index (χ4n) is 4.81. The third-order valence-corrected chi connectivity index (χ3v) is 6.70. The van der Waals surface area contributed by atoms with E-state index in [1.807, 2.05) is 12.1 Å². The van der Waals surface area contributed by atoms with E-state index in [0.29, 0.717) is 0 Å². The monoisotopic (exact) mass is 442 g/mol. The SMILES string of the molecule is Cl.Cl.NC(=O)C1CCN(Cc2cccc(NC(=O)C3CC34CCNCC4)c2)CC1. The molecule has 0 aromatic heterocycles. The molecule has 2 heterocycles. The summed E-state index contributed by atoms with van der Waals surface area (Å²) in [6.07, 6.45) is 4.95. The van der Waals surface area contributed by atoms with E-state index in [9.17, 15) is 9.59 Å². The fourth-order valence-corrected chi connectivity index (χ4v) is 4.81. The van der Waals surface area contributed by atoms with Crippen LogP contribution in [-0.4, -0.2) is 42.9 Å². The number of carbonyl (C=O) groups excluding carboxylic acids is 2.